The number of nitriles is 1. The van der Waals surface area contributed by atoms with E-state index < -0.39 is 0 Å². The number of hydrazone groups is 1. The quantitative estimate of drug-likeness (QED) is 0.532. The molecule has 0 bridgehead atoms. The molecule has 0 radical (unpaired) electrons. The minimum Gasteiger partial charge on any atom is -0.318 e. The van der Waals surface area contributed by atoms with Crippen molar-refractivity contribution in [1.82, 2.24) is 15.0 Å². The molecule has 0 fully saturated rings. The van der Waals surface area contributed by atoms with Crippen molar-refractivity contribution >= 4 is 39.1 Å². The molecule has 1 N–H and O–H groups in total. The topological polar surface area (TPSA) is 83.1 Å². The Morgan fingerprint density at radius 1 is 1.28 bits per heavy atom. The van der Waals surface area contributed by atoms with Crippen molar-refractivity contribution in [3.8, 4) is 6.07 Å². The molecule has 1 aromatic heterocycles. The predicted molar refractivity (Wildman–Crippen MR) is 98.9 cm³/mol. The highest BCUT2D eigenvalue weighted by atomic mass is 79.9. The van der Waals surface area contributed by atoms with E-state index in [1.807, 2.05) is 48.5 Å². The summed E-state index contributed by atoms with van der Waals surface area (Å²) in [6.45, 7) is 0.0508. The van der Waals surface area contributed by atoms with Gasteiger partial charge in [-0.15, -0.1) is 0 Å². The molecule has 2 aromatic carbocycles. The summed E-state index contributed by atoms with van der Waals surface area (Å²) in [6.07, 6.45) is 1.72. The molecule has 0 aliphatic heterocycles. The summed E-state index contributed by atoms with van der Waals surface area (Å²) in [5, 5.41) is 12.9. The van der Waals surface area contributed by atoms with Crippen molar-refractivity contribution in [2.75, 3.05) is 0 Å². The molecule has 7 heteroatoms. The van der Waals surface area contributed by atoms with Gasteiger partial charge in [0.25, 0.3) is 5.91 Å². The second kappa shape index (κ2) is 7.73. The highest BCUT2D eigenvalue weighted by Gasteiger charge is 2.12. The molecule has 0 spiro atoms. The maximum Gasteiger partial charge on any atom is 0.260 e. The van der Waals surface area contributed by atoms with Gasteiger partial charge in [0.05, 0.1) is 29.7 Å². The van der Waals surface area contributed by atoms with E-state index in [1.54, 1.807) is 10.8 Å². The Balaban J connectivity index is 1.72. The second-order valence-corrected chi connectivity index (χ2v) is 6.20. The number of nitrogens with zero attached hydrogens (tertiary/aromatic N) is 4. The van der Waals surface area contributed by atoms with E-state index in [9.17, 15) is 4.79 Å². The van der Waals surface area contributed by atoms with E-state index >= 15 is 0 Å². The number of amides is 1. The van der Waals surface area contributed by atoms with Gasteiger partial charge in [0, 0.05) is 4.47 Å². The van der Waals surface area contributed by atoms with Crippen LogP contribution in [0.2, 0.25) is 0 Å². The monoisotopic (exact) mass is 395 g/mol. The smallest absolute Gasteiger partial charge is 0.260 e. The zero-order valence-corrected chi connectivity index (χ0v) is 14.8. The van der Waals surface area contributed by atoms with Gasteiger partial charge in [-0.2, -0.15) is 10.4 Å². The normalized spacial score (nSPS) is 10.9. The minimum absolute atomic E-state index is 0.0508. The van der Waals surface area contributed by atoms with Crippen molar-refractivity contribution in [1.29, 1.82) is 5.26 Å². The number of carbonyl (C=O) groups excluding carboxylic acids is 1. The number of para-hydroxylation sites is 2. The van der Waals surface area contributed by atoms with Gasteiger partial charge in [-0.05, 0) is 29.8 Å². The number of fused-ring (bicyclic) bond motifs is 1. The van der Waals surface area contributed by atoms with Crippen molar-refractivity contribution in [2.24, 2.45) is 5.10 Å². The molecule has 0 unspecified atom stereocenters. The van der Waals surface area contributed by atoms with Crippen molar-refractivity contribution < 1.29 is 4.79 Å². The average molecular weight is 396 g/mol. The molecule has 25 heavy (non-hydrogen) atoms. The molecule has 1 amide bonds. The highest BCUT2D eigenvalue weighted by molar-refractivity contribution is 9.10. The molecule has 0 aliphatic rings. The lowest BCUT2D eigenvalue weighted by Crippen LogP contribution is -2.24. The molecule has 124 valence electrons. The lowest BCUT2D eigenvalue weighted by atomic mass is 10.2. The largest absolute Gasteiger partial charge is 0.318 e. The summed E-state index contributed by atoms with van der Waals surface area (Å²) in [5.41, 5.74) is 4.96. The number of aromatic nitrogens is 2. The molecule has 6 nitrogen and oxygen atoms in total. The molecule has 0 aliphatic carbocycles. The van der Waals surface area contributed by atoms with Crippen LogP contribution in [0.5, 0.6) is 0 Å². The van der Waals surface area contributed by atoms with E-state index in [-0.39, 0.29) is 18.9 Å². The van der Waals surface area contributed by atoms with Crippen LogP contribution >= 0.6 is 15.9 Å². The van der Waals surface area contributed by atoms with E-state index in [0.29, 0.717) is 5.82 Å². The first kappa shape index (κ1) is 16.9. The number of halogens is 1. The summed E-state index contributed by atoms with van der Waals surface area (Å²) in [4.78, 5) is 16.6. The van der Waals surface area contributed by atoms with E-state index in [1.165, 1.54) is 0 Å². The Kier molecular flexibility index (Phi) is 5.21. The lowest BCUT2D eigenvalue weighted by Gasteiger charge is -2.06. The third kappa shape index (κ3) is 4.11. The van der Waals surface area contributed by atoms with Crippen LogP contribution in [-0.2, 0) is 17.8 Å². The molecule has 3 rings (SSSR count). The fraction of sp³-hybridized carbons (Fsp3) is 0.111. The number of nitrogens with one attached hydrogen (secondary N) is 1. The summed E-state index contributed by atoms with van der Waals surface area (Å²) in [6, 6.07) is 17.1. The standard InChI is InChI=1S/C18H14BrN5O/c19-14-7-5-13(6-8-14)11-21-23-18(25)12-24-16-4-2-1-3-15(16)22-17(24)9-10-20/h1-8,11H,9,12H2,(H,23,25). The molecule has 3 aromatic rings. The number of imidazole rings is 1. The number of carbonyl (C=O) groups is 1. The van der Waals surface area contributed by atoms with Gasteiger partial charge in [0.15, 0.2) is 0 Å². The van der Waals surface area contributed by atoms with Crippen molar-refractivity contribution in [3.05, 3.63) is 64.4 Å². The van der Waals surface area contributed by atoms with Crippen LogP contribution in [0.15, 0.2) is 58.1 Å². The number of benzene rings is 2. The van der Waals surface area contributed by atoms with Crippen molar-refractivity contribution in [3.63, 3.8) is 0 Å². The summed E-state index contributed by atoms with van der Waals surface area (Å²) < 4.78 is 2.72. The molecule has 1 heterocycles. The highest BCUT2D eigenvalue weighted by Crippen LogP contribution is 2.16. The Bertz CT molecular complexity index is 969. The van der Waals surface area contributed by atoms with Crippen LogP contribution in [0.4, 0.5) is 0 Å². The van der Waals surface area contributed by atoms with Crippen LogP contribution in [0.25, 0.3) is 11.0 Å². The first-order valence-corrected chi connectivity index (χ1v) is 8.35. The Hall–Kier alpha value is -2.98. The number of hydrogen-bond acceptors (Lipinski definition) is 4. The minimum atomic E-state index is -0.282. The average Bonchev–Trinajstić information content (AvgIpc) is 2.95. The molecular weight excluding hydrogens is 382 g/mol. The van der Waals surface area contributed by atoms with E-state index in [2.05, 4.69) is 37.5 Å². The maximum absolute atomic E-state index is 12.2. The van der Waals surface area contributed by atoms with Gasteiger partial charge in [-0.25, -0.2) is 10.4 Å². The van der Waals surface area contributed by atoms with Crippen LogP contribution in [0.3, 0.4) is 0 Å². The van der Waals surface area contributed by atoms with Gasteiger partial charge >= 0.3 is 0 Å². The first-order chi connectivity index (χ1) is 12.2. The van der Waals surface area contributed by atoms with Crippen LogP contribution in [-0.4, -0.2) is 21.7 Å². The second-order valence-electron chi connectivity index (χ2n) is 5.28. The predicted octanol–water partition coefficient (Wildman–Crippen LogP) is 3.02. The Morgan fingerprint density at radius 2 is 2.04 bits per heavy atom. The molecular formula is C18H14BrN5O. The summed E-state index contributed by atoms with van der Waals surface area (Å²) in [5.74, 6) is 0.284. The van der Waals surface area contributed by atoms with Gasteiger partial charge in [-0.3, -0.25) is 4.79 Å². The molecule has 0 atom stereocenters. The lowest BCUT2D eigenvalue weighted by molar-refractivity contribution is -0.121. The number of rotatable bonds is 5. The van der Waals surface area contributed by atoms with E-state index in [4.69, 9.17) is 5.26 Å². The third-order valence-corrected chi connectivity index (χ3v) is 4.07. The summed E-state index contributed by atoms with van der Waals surface area (Å²) >= 11 is 3.36. The SMILES string of the molecule is N#CCc1nc2ccccc2n1CC(=O)NN=Cc1ccc(Br)cc1. The molecule has 0 saturated carbocycles. The number of hydrogen-bond donors (Lipinski definition) is 1. The third-order valence-electron chi connectivity index (χ3n) is 3.55. The zero-order chi connectivity index (χ0) is 17.6. The Labute approximate surface area is 152 Å². The summed E-state index contributed by atoms with van der Waals surface area (Å²) in [7, 11) is 0. The zero-order valence-electron chi connectivity index (χ0n) is 13.2. The van der Waals surface area contributed by atoms with Gasteiger partial charge in [0.2, 0.25) is 0 Å². The van der Waals surface area contributed by atoms with Gasteiger partial charge in [-0.1, -0.05) is 40.2 Å². The van der Waals surface area contributed by atoms with Crippen LogP contribution in [0.1, 0.15) is 11.4 Å². The van der Waals surface area contributed by atoms with Gasteiger partial charge < -0.3 is 4.57 Å². The molecule has 0 saturated heterocycles. The fourth-order valence-corrected chi connectivity index (χ4v) is 2.68. The first-order valence-electron chi connectivity index (χ1n) is 7.56. The van der Waals surface area contributed by atoms with Gasteiger partial charge in [0.1, 0.15) is 12.4 Å². The van der Waals surface area contributed by atoms with E-state index in [0.717, 1.165) is 21.1 Å². The van der Waals surface area contributed by atoms with Crippen LogP contribution < -0.4 is 5.43 Å². The van der Waals surface area contributed by atoms with Crippen molar-refractivity contribution in [2.45, 2.75) is 13.0 Å². The van der Waals surface area contributed by atoms with Crippen LogP contribution in [0, 0.1) is 11.3 Å². The fourth-order valence-electron chi connectivity index (χ4n) is 2.41. The Morgan fingerprint density at radius 3 is 2.80 bits per heavy atom. The maximum atomic E-state index is 12.2.